The highest BCUT2D eigenvalue weighted by molar-refractivity contribution is 5.33. The number of hydrogen-bond acceptors (Lipinski definition) is 2. The van der Waals surface area contributed by atoms with E-state index >= 15 is 0 Å². The van der Waals surface area contributed by atoms with Crippen molar-refractivity contribution in [3.63, 3.8) is 0 Å². The summed E-state index contributed by atoms with van der Waals surface area (Å²) in [6.07, 6.45) is 0.840. The van der Waals surface area contributed by atoms with E-state index in [9.17, 15) is 0 Å². The zero-order chi connectivity index (χ0) is 14.0. The van der Waals surface area contributed by atoms with Crippen LogP contribution in [0.25, 0.3) is 0 Å². The summed E-state index contributed by atoms with van der Waals surface area (Å²) in [6.45, 7) is 12.8. The Labute approximate surface area is 112 Å². The molecule has 0 heterocycles. The van der Waals surface area contributed by atoms with E-state index in [0.717, 1.165) is 12.2 Å². The first kappa shape index (κ1) is 15.0. The average Bonchev–Trinajstić information content (AvgIpc) is 2.13. The summed E-state index contributed by atoms with van der Waals surface area (Å²) in [5, 5.41) is 0. The summed E-state index contributed by atoms with van der Waals surface area (Å²) in [6, 6.07) is 8.48. The van der Waals surface area contributed by atoms with Gasteiger partial charge in [-0.3, -0.25) is 0 Å². The third-order valence-electron chi connectivity index (χ3n) is 2.91. The summed E-state index contributed by atoms with van der Waals surface area (Å²) in [5.74, 6) is 0.924. The zero-order valence-corrected chi connectivity index (χ0v) is 12.6. The second-order valence-corrected chi connectivity index (χ2v) is 6.82. The van der Waals surface area contributed by atoms with Gasteiger partial charge >= 0.3 is 0 Å². The molecule has 0 aliphatic rings. The van der Waals surface area contributed by atoms with Crippen molar-refractivity contribution < 1.29 is 4.74 Å². The third-order valence-corrected chi connectivity index (χ3v) is 2.91. The SMILES string of the molecule is CC(N)CC(C)(C)Oc1cccc(C(C)(C)C)c1. The molecule has 2 N–H and O–H groups in total. The smallest absolute Gasteiger partial charge is 0.120 e. The Morgan fingerprint density at radius 2 is 1.78 bits per heavy atom. The van der Waals surface area contributed by atoms with Crippen LogP contribution in [0.4, 0.5) is 0 Å². The third kappa shape index (κ3) is 4.69. The average molecular weight is 249 g/mol. The highest BCUT2D eigenvalue weighted by atomic mass is 16.5. The Bertz CT molecular complexity index is 388. The maximum atomic E-state index is 6.07. The van der Waals surface area contributed by atoms with Gasteiger partial charge in [0.1, 0.15) is 11.4 Å². The minimum absolute atomic E-state index is 0.144. The topological polar surface area (TPSA) is 35.2 Å². The predicted octanol–water partition coefficient (Wildman–Crippen LogP) is 3.88. The van der Waals surface area contributed by atoms with E-state index in [1.165, 1.54) is 5.56 Å². The van der Waals surface area contributed by atoms with Gasteiger partial charge < -0.3 is 10.5 Å². The molecule has 1 aromatic rings. The number of benzene rings is 1. The van der Waals surface area contributed by atoms with Crippen LogP contribution in [0.5, 0.6) is 5.75 Å². The minimum atomic E-state index is -0.231. The molecule has 0 spiro atoms. The van der Waals surface area contributed by atoms with Crippen LogP contribution in [0.2, 0.25) is 0 Å². The molecular formula is C16H27NO. The summed E-state index contributed by atoms with van der Waals surface area (Å²) in [7, 11) is 0. The van der Waals surface area contributed by atoms with Crippen molar-refractivity contribution in [1.82, 2.24) is 0 Å². The van der Waals surface area contributed by atoms with Crippen molar-refractivity contribution in [2.24, 2.45) is 5.73 Å². The molecule has 18 heavy (non-hydrogen) atoms. The molecule has 1 aromatic carbocycles. The molecule has 102 valence electrons. The van der Waals surface area contributed by atoms with Gasteiger partial charge in [-0.15, -0.1) is 0 Å². The molecule has 0 saturated heterocycles. The van der Waals surface area contributed by atoms with Crippen molar-refractivity contribution in [2.75, 3.05) is 0 Å². The van der Waals surface area contributed by atoms with Crippen LogP contribution < -0.4 is 10.5 Å². The quantitative estimate of drug-likeness (QED) is 0.879. The summed E-state index contributed by atoms with van der Waals surface area (Å²) in [5.41, 5.74) is 7.05. The lowest BCUT2D eigenvalue weighted by Gasteiger charge is -2.29. The maximum absolute atomic E-state index is 6.07. The number of ether oxygens (including phenoxy) is 1. The maximum Gasteiger partial charge on any atom is 0.120 e. The highest BCUT2D eigenvalue weighted by Gasteiger charge is 2.22. The molecule has 1 atom stereocenters. The summed E-state index contributed by atoms with van der Waals surface area (Å²) in [4.78, 5) is 0. The van der Waals surface area contributed by atoms with Gasteiger partial charge in [0, 0.05) is 12.5 Å². The fourth-order valence-electron chi connectivity index (χ4n) is 2.16. The second kappa shape index (κ2) is 5.31. The summed E-state index contributed by atoms with van der Waals surface area (Å²) < 4.78 is 6.07. The first-order valence-electron chi connectivity index (χ1n) is 6.65. The van der Waals surface area contributed by atoms with Gasteiger partial charge in [0.05, 0.1) is 0 Å². The number of rotatable bonds is 4. The van der Waals surface area contributed by atoms with Gasteiger partial charge in [0.2, 0.25) is 0 Å². The van der Waals surface area contributed by atoms with Crippen LogP contribution in [-0.2, 0) is 5.41 Å². The van der Waals surface area contributed by atoms with Gasteiger partial charge in [-0.2, -0.15) is 0 Å². The van der Waals surface area contributed by atoms with E-state index in [-0.39, 0.29) is 17.1 Å². The first-order valence-corrected chi connectivity index (χ1v) is 6.65. The van der Waals surface area contributed by atoms with Gasteiger partial charge in [-0.25, -0.2) is 0 Å². The van der Waals surface area contributed by atoms with Crippen molar-refractivity contribution in [3.8, 4) is 5.75 Å². The lowest BCUT2D eigenvalue weighted by Crippen LogP contribution is -2.35. The van der Waals surface area contributed by atoms with Gasteiger partial charge in [-0.05, 0) is 43.9 Å². The normalized spacial score (nSPS) is 14.4. The molecule has 0 aliphatic heterocycles. The molecule has 0 amide bonds. The van der Waals surface area contributed by atoms with Crippen molar-refractivity contribution >= 4 is 0 Å². The molecule has 0 radical (unpaired) electrons. The summed E-state index contributed by atoms with van der Waals surface area (Å²) >= 11 is 0. The zero-order valence-electron chi connectivity index (χ0n) is 12.6. The molecule has 0 bridgehead atoms. The fraction of sp³-hybridized carbons (Fsp3) is 0.625. The van der Waals surface area contributed by atoms with Gasteiger partial charge in [-0.1, -0.05) is 32.9 Å². The largest absolute Gasteiger partial charge is 0.488 e. The molecule has 0 aromatic heterocycles. The van der Waals surface area contributed by atoms with Crippen molar-refractivity contribution in [1.29, 1.82) is 0 Å². The molecular weight excluding hydrogens is 222 g/mol. The Morgan fingerprint density at radius 1 is 1.17 bits per heavy atom. The molecule has 2 heteroatoms. The molecule has 1 unspecified atom stereocenters. The van der Waals surface area contributed by atoms with Crippen LogP contribution in [0, 0.1) is 0 Å². The Balaban J connectivity index is 2.85. The fourth-order valence-corrected chi connectivity index (χ4v) is 2.16. The van der Waals surface area contributed by atoms with E-state index in [1.54, 1.807) is 0 Å². The predicted molar refractivity (Wildman–Crippen MR) is 78.1 cm³/mol. The van der Waals surface area contributed by atoms with Gasteiger partial charge in [0.25, 0.3) is 0 Å². The lowest BCUT2D eigenvalue weighted by atomic mass is 9.87. The molecule has 0 aliphatic carbocycles. The lowest BCUT2D eigenvalue weighted by molar-refractivity contribution is 0.0931. The van der Waals surface area contributed by atoms with Crippen LogP contribution in [0.1, 0.15) is 53.5 Å². The minimum Gasteiger partial charge on any atom is -0.488 e. The molecule has 2 nitrogen and oxygen atoms in total. The van der Waals surface area contributed by atoms with Crippen molar-refractivity contribution in [2.45, 2.75) is 65.0 Å². The second-order valence-electron chi connectivity index (χ2n) is 6.82. The molecule has 1 rings (SSSR count). The number of nitrogens with two attached hydrogens (primary N) is 1. The monoisotopic (exact) mass is 249 g/mol. The van der Waals surface area contributed by atoms with Crippen LogP contribution in [-0.4, -0.2) is 11.6 Å². The number of hydrogen-bond donors (Lipinski definition) is 1. The van der Waals surface area contributed by atoms with E-state index in [0.29, 0.717) is 0 Å². The van der Waals surface area contributed by atoms with Crippen LogP contribution in [0.15, 0.2) is 24.3 Å². The molecule has 0 saturated carbocycles. The standard InChI is InChI=1S/C16H27NO/c1-12(17)11-16(5,6)18-14-9-7-8-13(10-14)15(2,3)4/h7-10,12H,11,17H2,1-6H3. The van der Waals surface area contributed by atoms with Crippen LogP contribution >= 0.6 is 0 Å². The van der Waals surface area contributed by atoms with Crippen LogP contribution in [0.3, 0.4) is 0 Å². The first-order chi connectivity index (χ1) is 8.10. The van der Waals surface area contributed by atoms with E-state index in [4.69, 9.17) is 10.5 Å². The van der Waals surface area contributed by atoms with Gasteiger partial charge in [0.15, 0.2) is 0 Å². The Hall–Kier alpha value is -1.02. The Kier molecular flexibility index (Phi) is 4.44. The van der Waals surface area contributed by atoms with E-state index < -0.39 is 0 Å². The Morgan fingerprint density at radius 3 is 2.28 bits per heavy atom. The molecule has 0 fully saturated rings. The van der Waals surface area contributed by atoms with E-state index in [2.05, 4.69) is 52.8 Å². The highest BCUT2D eigenvalue weighted by Crippen LogP contribution is 2.28. The van der Waals surface area contributed by atoms with Crippen molar-refractivity contribution in [3.05, 3.63) is 29.8 Å². The van der Waals surface area contributed by atoms with E-state index in [1.807, 2.05) is 13.0 Å².